The van der Waals surface area contributed by atoms with E-state index in [1.165, 1.54) is 19.3 Å². The molecule has 0 radical (unpaired) electrons. The maximum Gasteiger partial charge on any atom is 0.229 e. The van der Waals surface area contributed by atoms with Crippen molar-refractivity contribution in [1.82, 2.24) is 15.5 Å². The summed E-state index contributed by atoms with van der Waals surface area (Å²) in [6, 6.07) is 0. The van der Waals surface area contributed by atoms with E-state index >= 15 is 0 Å². The summed E-state index contributed by atoms with van der Waals surface area (Å²) in [5.41, 5.74) is 0. The van der Waals surface area contributed by atoms with Crippen LogP contribution in [0.1, 0.15) is 55.7 Å². The Hall–Kier alpha value is -0.900. The van der Waals surface area contributed by atoms with E-state index in [-0.39, 0.29) is 0 Å². The smallest absolute Gasteiger partial charge is 0.229 e. The molecule has 2 aliphatic carbocycles. The Morgan fingerprint density at radius 2 is 1.76 bits per heavy atom. The molecule has 4 rings (SSSR count). The van der Waals surface area contributed by atoms with Gasteiger partial charge in [0.15, 0.2) is 5.82 Å². The summed E-state index contributed by atoms with van der Waals surface area (Å²) in [5, 5.41) is 7.58. The van der Waals surface area contributed by atoms with E-state index in [1.54, 1.807) is 0 Å². The van der Waals surface area contributed by atoms with Crippen molar-refractivity contribution in [3.63, 3.8) is 0 Å². The van der Waals surface area contributed by atoms with Crippen LogP contribution in [0.3, 0.4) is 0 Å². The van der Waals surface area contributed by atoms with E-state index in [4.69, 9.17) is 4.52 Å². The zero-order valence-electron chi connectivity index (χ0n) is 10.1. The molecule has 92 valence electrons. The Labute approximate surface area is 101 Å². The van der Waals surface area contributed by atoms with Gasteiger partial charge in [0.25, 0.3) is 0 Å². The molecular weight excluding hydrogens is 214 g/mol. The molecule has 4 heteroatoms. The number of nitrogens with zero attached hydrogens (tertiary/aromatic N) is 2. The van der Waals surface area contributed by atoms with Gasteiger partial charge in [-0.15, -0.1) is 0 Å². The molecule has 17 heavy (non-hydrogen) atoms. The summed E-state index contributed by atoms with van der Waals surface area (Å²) in [7, 11) is 0. The molecule has 4 nitrogen and oxygen atoms in total. The van der Waals surface area contributed by atoms with Gasteiger partial charge in [-0.25, -0.2) is 0 Å². The first-order valence-electron chi connectivity index (χ1n) is 6.94. The molecule has 0 spiro atoms. The summed E-state index contributed by atoms with van der Waals surface area (Å²) in [4.78, 5) is 4.67. The molecule has 0 aromatic carbocycles. The molecule has 2 atom stereocenters. The molecule has 0 amide bonds. The van der Waals surface area contributed by atoms with Crippen molar-refractivity contribution in [3.05, 3.63) is 11.7 Å². The quantitative estimate of drug-likeness (QED) is 0.849. The average molecular weight is 233 g/mol. The zero-order chi connectivity index (χ0) is 11.2. The second-order valence-corrected chi connectivity index (χ2v) is 5.94. The lowest BCUT2D eigenvalue weighted by Gasteiger charge is -2.19. The first-order valence-corrected chi connectivity index (χ1v) is 6.94. The summed E-state index contributed by atoms with van der Waals surface area (Å²) in [6.07, 6.45) is 6.33. The fourth-order valence-corrected chi connectivity index (χ4v) is 3.58. The third-order valence-electron chi connectivity index (χ3n) is 4.75. The van der Waals surface area contributed by atoms with Gasteiger partial charge in [-0.05, 0) is 57.0 Å². The Balaban J connectivity index is 1.48. The number of hydrogen-bond acceptors (Lipinski definition) is 4. The summed E-state index contributed by atoms with van der Waals surface area (Å²) >= 11 is 0. The van der Waals surface area contributed by atoms with Crippen molar-refractivity contribution in [3.8, 4) is 0 Å². The molecule has 0 bridgehead atoms. The molecule has 3 fully saturated rings. The van der Waals surface area contributed by atoms with E-state index < -0.39 is 0 Å². The van der Waals surface area contributed by atoms with E-state index in [2.05, 4.69) is 15.5 Å². The molecule has 1 N–H and O–H groups in total. The van der Waals surface area contributed by atoms with Gasteiger partial charge in [0.05, 0.1) is 0 Å². The van der Waals surface area contributed by atoms with Gasteiger partial charge >= 0.3 is 0 Å². The molecule has 3 aliphatic rings. The maximum absolute atomic E-state index is 5.49. The minimum Gasteiger partial charge on any atom is -0.339 e. The van der Waals surface area contributed by atoms with E-state index in [0.717, 1.165) is 49.5 Å². The van der Waals surface area contributed by atoms with Crippen LogP contribution in [0.5, 0.6) is 0 Å². The van der Waals surface area contributed by atoms with Gasteiger partial charge in [0.1, 0.15) is 0 Å². The third kappa shape index (κ3) is 1.79. The summed E-state index contributed by atoms with van der Waals surface area (Å²) < 4.78 is 5.49. The molecule has 1 aromatic heterocycles. The lowest BCUT2D eigenvalue weighted by atomic mass is 9.97. The molecule has 1 saturated heterocycles. The Kier molecular flexibility index (Phi) is 2.25. The highest BCUT2D eigenvalue weighted by Gasteiger charge is 2.47. The van der Waals surface area contributed by atoms with Crippen LogP contribution in [0.2, 0.25) is 0 Å². The van der Waals surface area contributed by atoms with Crippen LogP contribution in [-0.4, -0.2) is 23.2 Å². The molecule has 1 aromatic rings. The van der Waals surface area contributed by atoms with Crippen LogP contribution in [0.4, 0.5) is 0 Å². The van der Waals surface area contributed by atoms with Crippen molar-refractivity contribution in [2.45, 2.75) is 43.9 Å². The van der Waals surface area contributed by atoms with Crippen molar-refractivity contribution < 1.29 is 4.52 Å². The fourth-order valence-electron chi connectivity index (χ4n) is 3.58. The standard InChI is InChI=1S/C13H19N3O/c1-3-14-4-2-8(1)12-15-13(17-16-12)11-6-9-5-10(9)7-11/h8-11,14H,1-7H2. The first kappa shape index (κ1) is 10.1. The van der Waals surface area contributed by atoms with Crippen molar-refractivity contribution in [2.75, 3.05) is 13.1 Å². The molecule has 2 unspecified atom stereocenters. The predicted molar refractivity (Wildman–Crippen MR) is 62.7 cm³/mol. The highest BCUT2D eigenvalue weighted by molar-refractivity contribution is 5.08. The topological polar surface area (TPSA) is 51.0 Å². The minimum atomic E-state index is 0.518. The maximum atomic E-state index is 5.49. The summed E-state index contributed by atoms with van der Waals surface area (Å²) in [5.74, 6) is 4.93. The molecular formula is C13H19N3O. The number of aromatic nitrogens is 2. The first-order chi connectivity index (χ1) is 8.40. The average Bonchev–Trinajstić information content (AvgIpc) is 2.85. The van der Waals surface area contributed by atoms with Crippen molar-refractivity contribution in [2.24, 2.45) is 11.8 Å². The number of piperidine rings is 1. The Morgan fingerprint density at radius 1 is 1.00 bits per heavy atom. The lowest BCUT2D eigenvalue weighted by molar-refractivity contribution is 0.336. The summed E-state index contributed by atoms with van der Waals surface area (Å²) in [6.45, 7) is 2.17. The molecule has 2 saturated carbocycles. The second-order valence-electron chi connectivity index (χ2n) is 5.94. The largest absolute Gasteiger partial charge is 0.339 e. The predicted octanol–water partition coefficient (Wildman–Crippen LogP) is 2.05. The fraction of sp³-hybridized carbons (Fsp3) is 0.846. The van der Waals surface area contributed by atoms with Crippen LogP contribution in [-0.2, 0) is 0 Å². The number of rotatable bonds is 2. The third-order valence-corrected chi connectivity index (χ3v) is 4.75. The monoisotopic (exact) mass is 233 g/mol. The van der Waals surface area contributed by atoms with E-state index in [9.17, 15) is 0 Å². The normalized spacial score (nSPS) is 37.1. The number of nitrogens with one attached hydrogen (secondary N) is 1. The van der Waals surface area contributed by atoms with Gasteiger partial charge in [-0.1, -0.05) is 5.16 Å². The van der Waals surface area contributed by atoms with E-state index in [1.807, 2.05) is 0 Å². The minimum absolute atomic E-state index is 0.518. The second kappa shape index (κ2) is 3.80. The lowest BCUT2D eigenvalue weighted by Crippen LogP contribution is -2.27. The Bertz CT molecular complexity index is 384. The number of fused-ring (bicyclic) bond motifs is 1. The van der Waals surface area contributed by atoms with Crippen LogP contribution >= 0.6 is 0 Å². The molecule has 2 heterocycles. The van der Waals surface area contributed by atoms with Crippen LogP contribution in [0.15, 0.2) is 4.52 Å². The van der Waals surface area contributed by atoms with Crippen LogP contribution in [0.25, 0.3) is 0 Å². The number of hydrogen-bond donors (Lipinski definition) is 1. The van der Waals surface area contributed by atoms with Gasteiger partial charge < -0.3 is 9.84 Å². The highest BCUT2D eigenvalue weighted by Crippen LogP contribution is 2.57. The van der Waals surface area contributed by atoms with Gasteiger partial charge in [-0.2, -0.15) is 4.98 Å². The molecule has 1 aliphatic heterocycles. The van der Waals surface area contributed by atoms with Gasteiger partial charge in [0.2, 0.25) is 5.89 Å². The van der Waals surface area contributed by atoms with E-state index in [0.29, 0.717) is 11.8 Å². The SMILES string of the molecule is C1CC(c2noc(C3CC4CC4C3)n2)CCN1. The van der Waals surface area contributed by atoms with Crippen molar-refractivity contribution in [1.29, 1.82) is 0 Å². The van der Waals surface area contributed by atoms with Gasteiger partial charge in [0, 0.05) is 11.8 Å². The van der Waals surface area contributed by atoms with Crippen LogP contribution < -0.4 is 5.32 Å². The highest BCUT2D eigenvalue weighted by atomic mass is 16.5. The van der Waals surface area contributed by atoms with Crippen molar-refractivity contribution >= 4 is 0 Å². The van der Waals surface area contributed by atoms with Crippen LogP contribution in [0, 0.1) is 11.8 Å². The Morgan fingerprint density at radius 3 is 2.53 bits per heavy atom. The zero-order valence-corrected chi connectivity index (χ0v) is 10.1. The van der Waals surface area contributed by atoms with Gasteiger partial charge in [-0.3, -0.25) is 0 Å².